The smallest absolute Gasteiger partial charge is 0.226 e. The maximum Gasteiger partial charge on any atom is 0.226 e. The molecule has 0 saturated carbocycles. The summed E-state index contributed by atoms with van der Waals surface area (Å²) in [5.74, 6) is -0.229. The van der Waals surface area contributed by atoms with E-state index >= 15 is 0 Å². The Morgan fingerprint density at radius 2 is 2.47 bits per heavy atom. The zero-order chi connectivity index (χ0) is 11.3. The van der Waals surface area contributed by atoms with E-state index in [1.54, 1.807) is 12.3 Å². The van der Waals surface area contributed by atoms with Gasteiger partial charge in [0.25, 0.3) is 0 Å². The van der Waals surface area contributed by atoms with Gasteiger partial charge in [0.2, 0.25) is 5.91 Å². The average Bonchev–Trinajstić information content (AvgIpc) is 2.68. The SMILES string of the molecule is CC(O)(CO)CNC(=O)Cc1ccn[nH]1. The van der Waals surface area contributed by atoms with Gasteiger partial charge in [-0.1, -0.05) is 0 Å². The third-order valence-electron chi connectivity index (χ3n) is 1.92. The fraction of sp³-hybridized carbons (Fsp3) is 0.556. The number of carbonyl (C=O) groups excluding carboxylic acids is 1. The standard InChI is InChI=1S/C9H15N3O3/c1-9(15,6-13)5-10-8(14)4-7-2-3-11-12-7/h2-3,13,15H,4-6H2,1H3,(H,10,14)(H,11,12). The van der Waals surface area contributed by atoms with E-state index in [-0.39, 0.29) is 18.9 Å². The second kappa shape index (κ2) is 4.90. The molecule has 1 aromatic heterocycles. The van der Waals surface area contributed by atoms with Crippen LogP contribution in [0.1, 0.15) is 12.6 Å². The highest BCUT2D eigenvalue weighted by molar-refractivity contribution is 5.78. The van der Waals surface area contributed by atoms with Gasteiger partial charge in [0, 0.05) is 18.4 Å². The summed E-state index contributed by atoms with van der Waals surface area (Å²) >= 11 is 0. The Morgan fingerprint density at radius 3 is 3.00 bits per heavy atom. The van der Waals surface area contributed by atoms with Crippen LogP contribution in [0.5, 0.6) is 0 Å². The molecule has 0 aliphatic heterocycles. The Morgan fingerprint density at radius 1 is 1.73 bits per heavy atom. The predicted molar refractivity (Wildman–Crippen MR) is 53.0 cm³/mol. The summed E-state index contributed by atoms with van der Waals surface area (Å²) in [5, 5.41) is 27.0. The van der Waals surface area contributed by atoms with E-state index < -0.39 is 12.2 Å². The maximum atomic E-state index is 11.3. The third kappa shape index (κ3) is 4.09. The molecule has 0 fully saturated rings. The summed E-state index contributed by atoms with van der Waals surface area (Å²) in [6.07, 6.45) is 1.74. The topological polar surface area (TPSA) is 98.2 Å². The summed E-state index contributed by atoms with van der Waals surface area (Å²) in [6.45, 7) is 1.08. The lowest BCUT2D eigenvalue weighted by Crippen LogP contribution is -2.43. The lowest BCUT2D eigenvalue weighted by molar-refractivity contribution is -0.122. The van der Waals surface area contributed by atoms with Crippen LogP contribution in [0.4, 0.5) is 0 Å². The fourth-order valence-corrected chi connectivity index (χ4v) is 0.964. The first kappa shape index (κ1) is 11.7. The molecule has 1 rings (SSSR count). The third-order valence-corrected chi connectivity index (χ3v) is 1.92. The van der Waals surface area contributed by atoms with Crippen molar-refractivity contribution in [2.75, 3.05) is 13.2 Å². The molecule has 1 unspecified atom stereocenters. The van der Waals surface area contributed by atoms with E-state index in [2.05, 4.69) is 15.5 Å². The van der Waals surface area contributed by atoms with Crippen molar-refractivity contribution in [2.24, 2.45) is 0 Å². The van der Waals surface area contributed by atoms with Crippen LogP contribution in [0.15, 0.2) is 12.3 Å². The van der Waals surface area contributed by atoms with Gasteiger partial charge in [-0.25, -0.2) is 0 Å². The molecule has 6 heteroatoms. The van der Waals surface area contributed by atoms with Gasteiger partial charge in [0.15, 0.2) is 0 Å². The van der Waals surface area contributed by atoms with Crippen molar-refractivity contribution in [3.8, 4) is 0 Å². The largest absolute Gasteiger partial charge is 0.393 e. The number of nitrogens with zero attached hydrogens (tertiary/aromatic N) is 1. The molecule has 1 aromatic rings. The molecule has 0 aliphatic rings. The Kier molecular flexibility index (Phi) is 3.81. The second-order valence-electron chi connectivity index (χ2n) is 3.69. The van der Waals surface area contributed by atoms with Crippen LogP contribution in [-0.2, 0) is 11.2 Å². The summed E-state index contributed by atoms with van der Waals surface area (Å²) < 4.78 is 0. The number of aromatic amines is 1. The predicted octanol–water partition coefficient (Wildman–Crippen LogP) is -1.19. The van der Waals surface area contributed by atoms with Crippen molar-refractivity contribution >= 4 is 5.91 Å². The van der Waals surface area contributed by atoms with Crippen LogP contribution in [0.2, 0.25) is 0 Å². The van der Waals surface area contributed by atoms with Crippen molar-refractivity contribution in [1.29, 1.82) is 0 Å². The number of amides is 1. The molecule has 84 valence electrons. The van der Waals surface area contributed by atoms with Crippen molar-refractivity contribution in [3.05, 3.63) is 18.0 Å². The van der Waals surface area contributed by atoms with Crippen molar-refractivity contribution in [3.63, 3.8) is 0 Å². The minimum absolute atomic E-state index is 0.0243. The summed E-state index contributed by atoms with van der Waals surface area (Å²) in [5.41, 5.74) is -0.569. The van der Waals surface area contributed by atoms with E-state index in [0.717, 1.165) is 0 Å². The normalized spacial score (nSPS) is 14.6. The molecular weight excluding hydrogens is 198 g/mol. The maximum absolute atomic E-state index is 11.3. The monoisotopic (exact) mass is 213 g/mol. The van der Waals surface area contributed by atoms with Gasteiger partial charge in [-0.05, 0) is 13.0 Å². The second-order valence-corrected chi connectivity index (χ2v) is 3.69. The Balaban J connectivity index is 2.31. The minimum Gasteiger partial charge on any atom is -0.393 e. The van der Waals surface area contributed by atoms with Crippen molar-refractivity contribution < 1.29 is 15.0 Å². The van der Waals surface area contributed by atoms with Gasteiger partial charge in [-0.3, -0.25) is 9.89 Å². The van der Waals surface area contributed by atoms with Gasteiger partial charge in [0.1, 0.15) is 5.60 Å². The number of hydrogen-bond donors (Lipinski definition) is 4. The van der Waals surface area contributed by atoms with Gasteiger partial charge in [-0.15, -0.1) is 0 Å². The number of rotatable bonds is 5. The van der Waals surface area contributed by atoms with Crippen LogP contribution in [0, 0.1) is 0 Å². The van der Waals surface area contributed by atoms with Gasteiger partial charge < -0.3 is 15.5 Å². The highest BCUT2D eigenvalue weighted by atomic mass is 16.3. The number of aromatic nitrogens is 2. The van der Waals surface area contributed by atoms with E-state index in [9.17, 15) is 9.90 Å². The lowest BCUT2D eigenvalue weighted by atomic mass is 10.1. The first-order valence-electron chi connectivity index (χ1n) is 4.62. The van der Waals surface area contributed by atoms with Crippen LogP contribution in [0.3, 0.4) is 0 Å². The Hall–Kier alpha value is -1.40. The van der Waals surface area contributed by atoms with E-state index in [1.807, 2.05) is 0 Å². The molecule has 0 bridgehead atoms. The van der Waals surface area contributed by atoms with E-state index in [1.165, 1.54) is 6.92 Å². The Bertz CT molecular complexity index is 308. The Labute approximate surface area is 87.3 Å². The average molecular weight is 213 g/mol. The zero-order valence-corrected chi connectivity index (χ0v) is 8.53. The van der Waals surface area contributed by atoms with Crippen LogP contribution in [-0.4, -0.2) is 45.1 Å². The first-order chi connectivity index (χ1) is 7.03. The van der Waals surface area contributed by atoms with Crippen molar-refractivity contribution in [2.45, 2.75) is 18.9 Å². The molecular formula is C9H15N3O3. The molecule has 0 aromatic carbocycles. The van der Waals surface area contributed by atoms with E-state index in [4.69, 9.17) is 5.11 Å². The number of aliphatic hydroxyl groups is 2. The number of hydrogen-bond acceptors (Lipinski definition) is 4. The summed E-state index contributed by atoms with van der Waals surface area (Å²) in [7, 11) is 0. The summed E-state index contributed by atoms with van der Waals surface area (Å²) in [4.78, 5) is 11.3. The molecule has 0 spiro atoms. The van der Waals surface area contributed by atoms with Crippen LogP contribution >= 0.6 is 0 Å². The molecule has 0 radical (unpaired) electrons. The lowest BCUT2D eigenvalue weighted by Gasteiger charge is -2.20. The number of aliphatic hydroxyl groups excluding tert-OH is 1. The van der Waals surface area contributed by atoms with Gasteiger partial charge >= 0.3 is 0 Å². The molecule has 1 atom stereocenters. The number of nitrogens with one attached hydrogen (secondary N) is 2. The number of H-pyrrole nitrogens is 1. The van der Waals surface area contributed by atoms with Crippen LogP contribution < -0.4 is 5.32 Å². The molecule has 4 N–H and O–H groups in total. The molecule has 0 aliphatic carbocycles. The first-order valence-corrected chi connectivity index (χ1v) is 4.62. The fourth-order valence-electron chi connectivity index (χ4n) is 0.964. The van der Waals surface area contributed by atoms with E-state index in [0.29, 0.717) is 5.69 Å². The summed E-state index contributed by atoms with van der Waals surface area (Å²) in [6, 6.07) is 1.70. The van der Waals surface area contributed by atoms with Gasteiger partial charge in [0.05, 0.1) is 13.0 Å². The zero-order valence-electron chi connectivity index (χ0n) is 8.53. The van der Waals surface area contributed by atoms with Crippen molar-refractivity contribution in [1.82, 2.24) is 15.5 Å². The highest BCUT2D eigenvalue weighted by Crippen LogP contribution is 1.99. The molecule has 15 heavy (non-hydrogen) atoms. The molecule has 1 amide bonds. The van der Waals surface area contributed by atoms with Crippen LogP contribution in [0.25, 0.3) is 0 Å². The number of carbonyl (C=O) groups is 1. The highest BCUT2D eigenvalue weighted by Gasteiger charge is 2.19. The molecule has 1 heterocycles. The van der Waals surface area contributed by atoms with Gasteiger partial charge in [-0.2, -0.15) is 5.10 Å². The molecule has 6 nitrogen and oxygen atoms in total. The minimum atomic E-state index is -1.27. The molecule has 0 saturated heterocycles. The quantitative estimate of drug-likeness (QED) is 0.494.